The number of nitrogens with zero attached hydrogens (tertiary/aromatic N) is 3. The predicted octanol–water partition coefficient (Wildman–Crippen LogP) is 0.702. The van der Waals surface area contributed by atoms with Crippen LogP contribution in [0.3, 0.4) is 0 Å². The van der Waals surface area contributed by atoms with Gasteiger partial charge in [0.2, 0.25) is 5.91 Å². The molecule has 1 saturated heterocycles. The fraction of sp³-hybridized carbons (Fsp3) is 0.500. The van der Waals surface area contributed by atoms with Crippen molar-refractivity contribution in [3.05, 3.63) is 24.3 Å². The minimum Gasteiger partial charge on any atom is -0.467 e. The zero-order valence-corrected chi connectivity index (χ0v) is 10.4. The number of hydrogen-bond acceptors (Lipinski definition) is 5. The first-order valence-electron chi connectivity index (χ1n) is 5.79. The molecule has 1 aliphatic rings. The lowest BCUT2D eigenvalue weighted by Gasteiger charge is -2.29. The van der Waals surface area contributed by atoms with Gasteiger partial charge in [0.05, 0.1) is 13.2 Å². The molecule has 0 radical (unpaired) electrons. The molecule has 2 rings (SSSR count). The fourth-order valence-corrected chi connectivity index (χ4v) is 2.24. The molecule has 1 aromatic rings. The van der Waals surface area contributed by atoms with Crippen LogP contribution in [0.25, 0.3) is 0 Å². The summed E-state index contributed by atoms with van der Waals surface area (Å²) in [7, 11) is 1.33. The van der Waals surface area contributed by atoms with Gasteiger partial charge in [0.25, 0.3) is 0 Å². The van der Waals surface area contributed by atoms with Crippen molar-refractivity contribution in [3.63, 3.8) is 0 Å². The van der Waals surface area contributed by atoms with Crippen LogP contribution >= 0.6 is 0 Å². The van der Waals surface area contributed by atoms with Crippen LogP contribution in [0.5, 0.6) is 0 Å². The number of aromatic nitrogens is 2. The SMILES string of the molecule is COC(=O)C1CCC(=O)N1C(C)c1cncnc1. The molecule has 1 amide bonds. The van der Waals surface area contributed by atoms with E-state index in [9.17, 15) is 9.59 Å². The number of methoxy groups -OCH3 is 1. The Hall–Kier alpha value is -1.98. The number of carbonyl (C=O) groups excluding carboxylic acids is 2. The summed E-state index contributed by atoms with van der Waals surface area (Å²) in [5, 5.41) is 0. The molecule has 2 atom stereocenters. The van der Waals surface area contributed by atoms with Crippen molar-refractivity contribution < 1.29 is 14.3 Å². The van der Waals surface area contributed by atoms with Crippen LogP contribution in [0.4, 0.5) is 0 Å². The lowest BCUT2D eigenvalue weighted by molar-refractivity contribution is -0.150. The third-order valence-electron chi connectivity index (χ3n) is 3.21. The lowest BCUT2D eigenvalue weighted by atomic mass is 10.1. The maximum atomic E-state index is 11.9. The molecule has 0 spiro atoms. The third-order valence-corrected chi connectivity index (χ3v) is 3.21. The van der Waals surface area contributed by atoms with Crippen LogP contribution in [0.1, 0.15) is 31.4 Å². The average Bonchev–Trinajstić information content (AvgIpc) is 2.80. The molecule has 0 N–H and O–H groups in total. The number of rotatable bonds is 3. The van der Waals surface area contributed by atoms with E-state index >= 15 is 0 Å². The fourth-order valence-electron chi connectivity index (χ4n) is 2.24. The monoisotopic (exact) mass is 249 g/mol. The van der Waals surface area contributed by atoms with Crippen molar-refractivity contribution in [1.29, 1.82) is 0 Å². The zero-order chi connectivity index (χ0) is 13.1. The van der Waals surface area contributed by atoms with Crippen molar-refractivity contribution in [2.45, 2.75) is 31.8 Å². The van der Waals surface area contributed by atoms with E-state index in [1.54, 1.807) is 17.3 Å². The Morgan fingerprint density at radius 2 is 2.17 bits per heavy atom. The van der Waals surface area contributed by atoms with Crippen molar-refractivity contribution in [1.82, 2.24) is 14.9 Å². The van der Waals surface area contributed by atoms with Gasteiger partial charge in [-0.05, 0) is 13.3 Å². The second-order valence-corrected chi connectivity index (χ2v) is 4.23. The second kappa shape index (κ2) is 5.12. The van der Waals surface area contributed by atoms with E-state index in [4.69, 9.17) is 4.74 Å². The van der Waals surface area contributed by atoms with E-state index in [-0.39, 0.29) is 17.9 Å². The summed E-state index contributed by atoms with van der Waals surface area (Å²) in [4.78, 5) is 33.0. The topological polar surface area (TPSA) is 72.4 Å². The van der Waals surface area contributed by atoms with E-state index in [1.165, 1.54) is 13.4 Å². The number of esters is 1. The Bertz CT molecular complexity index is 449. The first-order valence-corrected chi connectivity index (χ1v) is 5.79. The highest BCUT2D eigenvalue weighted by atomic mass is 16.5. The first kappa shape index (κ1) is 12.5. The van der Waals surface area contributed by atoms with Crippen LogP contribution < -0.4 is 0 Å². The molecule has 1 fully saturated rings. The Morgan fingerprint density at radius 1 is 1.50 bits per heavy atom. The molecule has 2 heterocycles. The zero-order valence-electron chi connectivity index (χ0n) is 10.4. The number of hydrogen-bond donors (Lipinski definition) is 0. The third kappa shape index (κ3) is 2.18. The summed E-state index contributed by atoms with van der Waals surface area (Å²) in [5.41, 5.74) is 0.807. The van der Waals surface area contributed by atoms with Gasteiger partial charge in [-0.25, -0.2) is 14.8 Å². The van der Waals surface area contributed by atoms with Crippen LogP contribution in [-0.4, -0.2) is 39.9 Å². The number of amides is 1. The number of likely N-dealkylation sites (tertiary alicyclic amines) is 1. The molecular formula is C12H15N3O3. The van der Waals surface area contributed by atoms with E-state index in [0.29, 0.717) is 12.8 Å². The molecule has 1 aromatic heterocycles. The highest BCUT2D eigenvalue weighted by Gasteiger charge is 2.40. The van der Waals surface area contributed by atoms with Crippen LogP contribution in [0.2, 0.25) is 0 Å². The summed E-state index contributed by atoms with van der Waals surface area (Å²) >= 11 is 0. The first-order chi connectivity index (χ1) is 8.65. The van der Waals surface area contributed by atoms with Crippen molar-refractivity contribution in [3.8, 4) is 0 Å². The van der Waals surface area contributed by atoms with E-state index in [1.807, 2.05) is 6.92 Å². The second-order valence-electron chi connectivity index (χ2n) is 4.23. The summed E-state index contributed by atoms with van der Waals surface area (Å²) in [5.74, 6) is -0.411. The van der Waals surface area contributed by atoms with Gasteiger partial charge in [0.15, 0.2) is 0 Å². The maximum Gasteiger partial charge on any atom is 0.328 e. The standard InChI is InChI=1S/C12H15N3O3/c1-8(9-5-13-7-14-6-9)15-10(12(17)18-2)3-4-11(15)16/h5-8,10H,3-4H2,1-2H3. The van der Waals surface area contributed by atoms with Gasteiger partial charge in [-0.1, -0.05) is 0 Å². The minimum absolute atomic E-state index is 0.0400. The number of carbonyl (C=O) groups is 2. The minimum atomic E-state index is -0.502. The Morgan fingerprint density at radius 3 is 2.78 bits per heavy atom. The molecule has 0 saturated carbocycles. The largest absolute Gasteiger partial charge is 0.467 e. The highest BCUT2D eigenvalue weighted by molar-refractivity contribution is 5.88. The van der Waals surface area contributed by atoms with Gasteiger partial charge in [0, 0.05) is 24.4 Å². The summed E-state index contributed by atoms with van der Waals surface area (Å²) in [6, 6.07) is -0.733. The van der Waals surface area contributed by atoms with Gasteiger partial charge in [-0.2, -0.15) is 0 Å². The van der Waals surface area contributed by atoms with Crippen LogP contribution in [0, 0.1) is 0 Å². The molecular weight excluding hydrogens is 234 g/mol. The molecule has 0 aromatic carbocycles. The Balaban J connectivity index is 2.24. The van der Waals surface area contributed by atoms with E-state index < -0.39 is 6.04 Å². The van der Waals surface area contributed by atoms with E-state index in [0.717, 1.165) is 5.56 Å². The van der Waals surface area contributed by atoms with Gasteiger partial charge in [-0.15, -0.1) is 0 Å². The molecule has 1 aliphatic heterocycles. The van der Waals surface area contributed by atoms with Gasteiger partial charge in [0.1, 0.15) is 12.4 Å². The van der Waals surface area contributed by atoms with Gasteiger partial charge < -0.3 is 9.64 Å². The van der Waals surface area contributed by atoms with Gasteiger partial charge in [-0.3, -0.25) is 4.79 Å². The molecule has 0 aliphatic carbocycles. The van der Waals surface area contributed by atoms with Crippen molar-refractivity contribution >= 4 is 11.9 Å². The summed E-state index contributed by atoms with van der Waals surface area (Å²) in [6.07, 6.45) is 5.61. The molecule has 6 nitrogen and oxygen atoms in total. The smallest absolute Gasteiger partial charge is 0.328 e. The van der Waals surface area contributed by atoms with Crippen LogP contribution in [-0.2, 0) is 14.3 Å². The van der Waals surface area contributed by atoms with Crippen LogP contribution in [0.15, 0.2) is 18.7 Å². The maximum absolute atomic E-state index is 11.9. The van der Waals surface area contributed by atoms with Gasteiger partial charge >= 0.3 is 5.97 Å². The molecule has 96 valence electrons. The molecule has 2 unspecified atom stereocenters. The Labute approximate surface area is 105 Å². The number of ether oxygens (including phenoxy) is 1. The highest BCUT2D eigenvalue weighted by Crippen LogP contribution is 2.30. The van der Waals surface area contributed by atoms with Crippen molar-refractivity contribution in [2.24, 2.45) is 0 Å². The summed E-state index contributed by atoms with van der Waals surface area (Å²) in [6.45, 7) is 1.86. The predicted molar refractivity (Wildman–Crippen MR) is 62.3 cm³/mol. The summed E-state index contributed by atoms with van der Waals surface area (Å²) < 4.78 is 4.73. The quantitative estimate of drug-likeness (QED) is 0.737. The van der Waals surface area contributed by atoms with Crippen molar-refractivity contribution in [2.75, 3.05) is 7.11 Å². The lowest BCUT2D eigenvalue weighted by Crippen LogP contribution is -2.40. The molecule has 18 heavy (non-hydrogen) atoms. The molecule has 6 heteroatoms. The average molecular weight is 249 g/mol. The molecule has 0 bridgehead atoms. The van der Waals surface area contributed by atoms with E-state index in [2.05, 4.69) is 9.97 Å². The normalized spacial score (nSPS) is 20.9. The Kier molecular flexibility index (Phi) is 3.55.